The standard InChI is InChI=1S/C58H58Br2N2/c1-35-29-45(61(43-25-17-39(59)18-26-43)41-21-13-37(14-22-41)55(3,4)5)31-51-53(35)47-33-50-48(34-49(47)57(51,9)10)54-36(2)30-46(32-52(54)58(50,11)12)62(44-27-19-40(60)20-28-44)42-23-15-38(16-24-42)56(6,7)8/h13-34H,1-12H3. The average molecular weight is 943 g/mol. The number of hydrogen-bond donors (Lipinski definition) is 0. The molecule has 314 valence electrons. The van der Waals surface area contributed by atoms with Crippen LogP contribution in [0.15, 0.2) is 142 Å². The van der Waals surface area contributed by atoms with E-state index >= 15 is 0 Å². The first-order valence-corrected chi connectivity index (χ1v) is 23.6. The highest BCUT2D eigenvalue weighted by atomic mass is 79.9. The summed E-state index contributed by atoms with van der Waals surface area (Å²) in [4.78, 5) is 4.84. The number of halogens is 2. The molecule has 2 aliphatic rings. The predicted octanol–water partition coefficient (Wildman–Crippen LogP) is 18.0. The Morgan fingerprint density at radius 2 is 0.661 bits per heavy atom. The normalized spacial score (nSPS) is 14.5. The van der Waals surface area contributed by atoms with Gasteiger partial charge in [0.2, 0.25) is 0 Å². The SMILES string of the molecule is Cc1cc(N(c2ccc(Br)cc2)c2ccc(C(C)(C)C)cc2)cc2c1-c1cc3c(cc1C2(C)C)-c1c(C)cc(N(c2ccc(Br)cc2)c2ccc(C(C)(C)C)cc2)cc1C3(C)C. The van der Waals surface area contributed by atoms with Crippen molar-refractivity contribution in [2.45, 2.75) is 105 Å². The predicted molar refractivity (Wildman–Crippen MR) is 273 cm³/mol. The van der Waals surface area contributed by atoms with Crippen molar-refractivity contribution >= 4 is 66.0 Å². The first-order valence-electron chi connectivity index (χ1n) is 22.0. The Labute approximate surface area is 387 Å². The molecule has 4 heteroatoms. The molecule has 62 heavy (non-hydrogen) atoms. The second-order valence-corrected chi connectivity index (χ2v) is 22.6. The first kappa shape index (κ1) is 42.4. The molecule has 2 aliphatic carbocycles. The van der Waals surface area contributed by atoms with Crippen molar-refractivity contribution in [2.75, 3.05) is 9.80 Å². The van der Waals surface area contributed by atoms with E-state index in [1.54, 1.807) is 0 Å². The molecular weight excluding hydrogens is 884 g/mol. The van der Waals surface area contributed by atoms with Gasteiger partial charge in [0.05, 0.1) is 0 Å². The van der Waals surface area contributed by atoms with E-state index in [9.17, 15) is 0 Å². The van der Waals surface area contributed by atoms with E-state index in [0.717, 1.165) is 31.7 Å². The molecule has 0 unspecified atom stereocenters. The van der Waals surface area contributed by atoms with Crippen molar-refractivity contribution in [3.63, 3.8) is 0 Å². The largest absolute Gasteiger partial charge is 0.310 e. The lowest BCUT2D eigenvalue weighted by Gasteiger charge is -2.29. The van der Waals surface area contributed by atoms with Crippen LogP contribution >= 0.6 is 31.9 Å². The molecule has 0 heterocycles. The molecular formula is C58H58Br2N2. The van der Waals surface area contributed by atoms with Gasteiger partial charge < -0.3 is 9.80 Å². The first-order chi connectivity index (χ1) is 29.1. The van der Waals surface area contributed by atoms with Crippen LogP contribution in [-0.4, -0.2) is 0 Å². The summed E-state index contributed by atoms with van der Waals surface area (Å²) in [6, 6.07) is 50.5. The molecule has 7 aromatic carbocycles. The molecule has 0 saturated heterocycles. The van der Waals surface area contributed by atoms with Gasteiger partial charge in [-0.15, -0.1) is 0 Å². The Kier molecular flexibility index (Phi) is 10.2. The number of fused-ring (bicyclic) bond motifs is 6. The molecule has 0 bridgehead atoms. The summed E-state index contributed by atoms with van der Waals surface area (Å²) < 4.78 is 2.14. The molecule has 2 nitrogen and oxygen atoms in total. The lowest BCUT2D eigenvalue weighted by molar-refractivity contribution is 0.590. The van der Waals surface area contributed by atoms with E-state index in [1.807, 2.05) is 0 Å². The van der Waals surface area contributed by atoms with Gasteiger partial charge in [-0.2, -0.15) is 0 Å². The fraction of sp³-hybridized carbons (Fsp3) is 0.276. The minimum absolute atomic E-state index is 0.0798. The Hall–Kier alpha value is -4.90. The van der Waals surface area contributed by atoms with Gasteiger partial charge in [0.1, 0.15) is 0 Å². The van der Waals surface area contributed by atoms with Gasteiger partial charge in [0.25, 0.3) is 0 Å². The quantitative estimate of drug-likeness (QED) is 0.164. The topological polar surface area (TPSA) is 6.48 Å². The fourth-order valence-electron chi connectivity index (χ4n) is 10.1. The summed E-state index contributed by atoms with van der Waals surface area (Å²) in [5.41, 5.74) is 23.0. The number of benzene rings is 7. The van der Waals surface area contributed by atoms with Gasteiger partial charge in [0.15, 0.2) is 0 Å². The molecule has 9 rings (SSSR count). The number of anilines is 6. The maximum Gasteiger partial charge on any atom is 0.0467 e. The summed E-state index contributed by atoms with van der Waals surface area (Å²) in [6.07, 6.45) is 0. The fourth-order valence-corrected chi connectivity index (χ4v) is 10.7. The summed E-state index contributed by atoms with van der Waals surface area (Å²) in [5.74, 6) is 0. The van der Waals surface area contributed by atoms with Crippen molar-refractivity contribution in [1.82, 2.24) is 0 Å². The van der Waals surface area contributed by atoms with Gasteiger partial charge in [-0.05, 0) is 201 Å². The smallest absolute Gasteiger partial charge is 0.0467 e. The number of nitrogens with zero attached hydrogens (tertiary/aromatic N) is 2. The van der Waals surface area contributed by atoms with Gasteiger partial charge in [0, 0.05) is 53.9 Å². The zero-order valence-corrected chi connectivity index (χ0v) is 41.5. The third-order valence-corrected chi connectivity index (χ3v) is 14.8. The van der Waals surface area contributed by atoms with Gasteiger partial charge in [-0.3, -0.25) is 0 Å². The van der Waals surface area contributed by atoms with Crippen LogP contribution in [0, 0.1) is 13.8 Å². The highest BCUT2D eigenvalue weighted by Crippen LogP contribution is 2.59. The lowest BCUT2D eigenvalue weighted by Crippen LogP contribution is -2.18. The summed E-state index contributed by atoms with van der Waals surface area (Å²) >= 11 is 7.37. The van der Waals surface area contributed by atoms with Crippen LogP contribution in [-0.2, 0) is 21.7 Å². The van der Waals surface area contributed by atoms with E-state index in [2.05, 4.69) is 258 Å². The molecule has 0 atom stereocenters. The zero-order chi connectivity index (χ0) is 44.3. The van der Waals surface area contributed by atoms with E-state index in [4.69, 9.17) is 0 Å². The highest BCUT2D eigenvalue weighted by molar-refractivity contribution is 9.10. The minimum atomic E-state index is -0.208. The molecule has 7 aromatic rings. The van der Waals surface area contributed by atoms with Crippen LogP contribution in [0.25, 0.3) is 22.3 Å². The zero-order valence-electron chi connectivity index (χ0n) is 38.4. The Morgan fingerprint density at radius 1 is 0.371 bits per heavy atom. The number of rotatable bonds is 6. The maximum absolute atomic E-state index is 3.68. The van der Waals surface area contributed by atoms with E-state index in [-0.39, 0.29) is 21.7 Å². The van der Waals surface area contributed by atoms with Crippen molar-refractivity contribution in [1.29, 1.82) is 0 Å². The minimum Gasteiger partial charge on any atom is -0.310 e. The third kappa shape index (κ3) is 7.06. The molecule has 0 saturated carbocycles. The van der Waals surface area contributed by atoms with Gasteiger partial charge in [-0.25, -0.2) is 0 Å². The van der Waals surface area contributed by atoms with E-state index in [1.165, 1.54) is 78.1 Å². The van der Waals surface area contributed by atoms with Gasteiger partial charge in [-0.1, -0.05) is 125 Å². The summed E-state index contributed by atoms with van der Waals surface area (Å²) in [7, 11) is 0. The number of aryl methyl sites for hydroxylation is 2. The molecule has 0 aromatic heterocycles. The van der Waals surface area contributed by atoms with Crippen LogP contribution < -0.4 is 9.80 Å². The Balaban J connectivity index is 1.16. The third-order valence-electron chi connectivity index (χ3n) is 13.7. The Morgan fingerprint density at radius 3 is 0.952 bits per heavy atom. The van der Waals surface area contributed by atoms with Gasteiger partial charge >= 0.3 is 0 Å². The van der Waals surface area contributed by atoms with Crippen LogP contribution in [0.3, 0.4) is 0 Å². The molecule has 0 radical (unpaired) electrons. The van der Waals surface area contributed by atoms with Crippen LogP contribution in [0.2, 0.25) is 0 Å². The second-order valence-electron chi connectivity index (χ2n) is 20.8. The van der Waals surface area contributed by atoms with Crippen LogP contribution in [0.5, 0.6) is 0 Å². The highest BCUT2D eigenvalue weighted by Gasteiger charge is 2.43. The van der Waals surface area contributed by atoms with Crippen LogP contribution in [0.4, 0.5) is 34.1 Å². The van der Waals surface area contributed by atoms with Crippen molar-refractivity contribution < 1.29 is 0 Å². The summed E-state index contributed by atoms with van der Waals surface area (Å²) in [5, 5.41) is 0. The molecule has 0 aliphatic heterocycles. The van der Waals surface area contributed by atoms with E-state index < -0.39 is 0 Å². The summed E-state index contributed by atoms with van der Waals surface area (Å²) in [6.45, 7) is 28.0. The molecule has 0 spiro atoms. The van der Waals surface area contributed by atoms with Crippen LogP contribution in [0.1, 0.15) is 114 Å². The second kappa shape index (κ2) is 14.8. The molecule has 0 amide bonds. The van der Waals surface area contributed by atoms with Crippen molar-refractivity contribution in [3.05, 3.63) is 187 Å². The molecule has 0 fully saturated rings. The number of hydrogen-bond acceptors (Lipinski definition) is 2. The van der Waals surface area contributed by atoms with Crippen molar-refractivity contribution in [2.24, 2.45) is 0 Å². The van der Waals surface area contributed by atoms with E-state index in [0.29, 0.717) is 0 Å². The average Bonchev–Trinajstić information content (AvgIpc) is 3.57. The monoisotopic (exact) mass is 940 g/mol. The Bertz CT molecular complexity index is 2670. The maximum atomic E-state index is 3.68. The molecule has 0 N–H and O–H groups in total. The lowest BCUT2D eigenvalue weighted by atomic mass is 9.79. The van der Waals surface area contributed by atoms with Crippen molar-refractivity contribution in [3.8, 4) is 22.3 Å².